The van der Waals surface area contributed by atoms with Crippen molar-refractivity contribution in [3.8, 4) is 16.9 Å². The molecule has 3 aromatic carbocycles. The van der Waals surface area contributed by atoms with Crippen molar-refractivity contribution < 1.29 is 13.9 Å². The van der Waals surface area contributed by atoms with Crippen molar-refractivity contribution in [2.45, 2.75) is 0 Å². The van der Waals surface area contributed by atoms with Crippen molar-refractivity contribution in [1.29, 1.82) is 0 Å². The summed E-state index contributed by atoms with van der Waals surface area (Å²) in [6.45, 7) is 0. The van der Waals surface area contributed by atoms with Gasteiger partial charge >= 0.3 is 0 Å². The van der Waals surface area contributed by atoms with E-state index < -0.39 is 11.6 Å². The molecule has 0 aliphatic carbocycles. The molecule has 3 aromatic rings. The first-order chi connectivity index (χ1) is 12.0. The quantitative estimate of drug-likeness (QED) is 0.479. The summed E-state index contributed by atoms with van der Waals surface area (Å²) in [6.07, 6.45) is 0. The molecule has 0 heterocycles. The van der Waals surface area contributed by atoms with E-state index in [-0.39, 0.29) is 23.5 Å². The van der Waals surface area contributed by atoms with Gasteiger partial charge in [0.05, 0.1) is 18.2 Å². The molecule has 0 radical (unpaired) electrons. The smallest absolute Gasteiger partial charge is 0.195 e. The third-order valence-corrected chi connectivity index (χ3v) is 4.09. The lowest BCUT2D eigenvalue weighted by Gasteiger charge is -2.13. The Morgan fingerprint density at radius 3 is 2.38 bits per heavy atom. The summed E-state index contributed by atoms with van der Waals surface area (Å²) in [4.78, 5) is 12.7. The second-order valence-corrected chi connectivity index (χ2v) is 5.90. The van der Waals surface area contributed by atoms with Gasteiger partial charge in [-0.25, -0.2) is 4.39 Å². The highest BCUT2D eigenvalue weighted by Gasteiger charge is 2.21. The van der Waals surface area contributed by atoms with E-state index in [1.165, 1.54) is 13.2 Å². The number of ketones is 1. The Morgan fingerprint density at radius 2 is 1.77 bits per heavy atom. The number of carbonyl (C=O) groups is 1. The average Bonchev–Trinajstić information content (AvgIpc) is 2.61. The maximum Gasteiger partial charge on any atom is 0.195 e. The van der Waals surface area contributed by atoms with Crippen LogP contribution in [0.15, 0.2) is 60.7 Å². The van der Waals surface area contributed by atoms with Crippen LogP contribution in [0.4, 0.5) is 10.1 Å². The number of hydrogen-bond donors (Lipinski definition) is 1. The minimum absolute atomic E-state index is 0. The van der Waals surface area contributed by atoms with Crippen LogP contribution in [0.5, 0.6) is 5.75 Å². The highest BCUT2D eigenvalue weighted by molar-refractivity contribution is 6.30. The monoisotopic (exact) mass is 391 g/mol. The number of hydrogen-bond acceptors (Lipinski definition) is 3. The molecule has 26 heavy (non-hydrogen) atoms. The lowest BCUT2D eigenvalue weighted by Crippen LogP contribution is -2.06. The Labute approximate surface area is 162 Å². The van der Waals surface area contributed by atoms with Crippen molar-refractivity contribution in [3.63, 3.8) is 0 Å². The van der Waals surface area contributed by atoms with E-state index in [1.54, 1.807) is 54.6 Å². The molecule has 0 spiro atoms. The van der Waals surface area contributed by atoms with Crippen LogP contribution in [0, 0.1) is 5.82 Å². The van der Waals surface area contributed by atoms with Gasteiger partial charge in [-0.05, 0) is 54.1 Å². The largest absolute Gasteiger partial charge is 0.496 e. The molecule has 0 amide bonds. The van der Waals surface area contributed by atoms with Crippen LogP contribution in [-0.4, -0.2) is 12.9 Å². The SMILES string of the molecule is COc1ccc(C(=O)c2ccc(N)cc2)c(F)c1-c1cccc(Cl)c1.Cl. The van der Waals surface area contributed by atoms with E-state index in [9.17, 15) is 4.79 Å². The molecule has 0 aliphatic heterocycles. The minimum atomic E-state index is -0.650. The van der Waals surface area contributed by atoms with Crippen molar-refractivity contribution in [2.24, 2.45) is 0 Å². The second kappa shape index (κ2) is 8.21. The van der Waals surface area contributed by atoms with Gasteiger partial charge in [-0.2, -0.15) is 0 Å². The number of nitrogen functional groups attached to an aromatic ring is 1. The zero-order chi connectivity index (χ0) is 18.0. The number of rotatable bonds is 4. The number of halogens is 3. The molecule has 0 saturated heterocycles. The summed E-state index contributed by atoms with van der Waals surface area (Å²) in [5, 5.41) is 0.467. The molecule has 0 fully saturated rings. The van der Waals surface area contributed by atoms with Crippen LogP contribution >= 0.6 is 24.0 Å². The first-order valence-electron chi connectivity index (χ1n) is 7.54. The maximum atomic E-state index is 15.2. The Hall–Kier alpha value is -2.56. The fraction of sp³-hybridized carbons (Fsp3) is 0.0500. The Balaban J connectivity index is 0.00000243. The number of methoxy groups -OCH3 is 1. The van der Waals surface area contributed by atoms with E-state index in [0.29, 0.717) is 27.6 Å². The third-order valence-electron chi connectivity index (χ3n) is 3.85. The van der Waals surface area contributed by atoms with Crippen LogP contribution in [0.25, 0.3) is 11.1 Å². The first kappa shape index (κ1) is 19.8. The molecule has 0 aromatic heterocycles. The Kier molecular flexibility index (Phi) is 6.24. The lowest BCUT2D eigenvalue weighted by molar-refractivity contribution is 0.103. The standard InChI is InChI=1S/C20H15ClFNO2.ClH/c1-25-17-10-9-16(20(24)12-5-7-15(23)8-6-12)19(22)18(17)13-3-2-4-14(21)11-13;/h2-11H,23H2,1H3;1H. The van der Waals surface area contributed by atoms with Gasteiger partial charge in [0.2, 0.25) is 0 Å². The van der Waals surface area contributed by atoms with Gasteiger partial charge in [0.15, 0.2) is 5.78 Å². The zero-order valence-electron chi connectivity index (χ0n) is 13.8. The molecule has 2 N–H and O–H groups in total. The van der Waals surface area contributed by atoms with Gasteiger partial charge in [0.1, 0.15) is 11.6 Å². The zero-order valence-corrected chi connectivity index (χ0v) is 15.4. The van der Waals surface area contributed by atoms with Crippen LogP contribution in [0.3, 0.4) is 0 Å². The van der Waals surface area contributed by atoms with E-state index in [0.717, 1.165) is 0 Å². The predicted molar refractivity (Wildman–Crippen MR) is 105 cm³/mol. The molecule has 3 rings (SSSR count). The van der Waals surface area contributed by atoms with Gasteiger partial charge in [-0.15, -0.1) is 12.4 Å². The highest BCUT2D eigenvalue weighted by Crippen LogP contribution is 2.36. The fourth-order valence-corrected chi connectivity index (χ4v) is 2.80. The van der Waals surface area contributed by atoms with Gasteiger partial charge in [-0.3, -0.25) is 4.79 Å². The lowest BCUT2D eigenvalue weighted by atomic mass is 9.96. The summed E-state index contributed by atoms with van der Waals surface area (Å²) in [5.41, 5.74) is 7.22. The second-order valence-electron chi connectivity index (χ2n) is 5.47. The normalized spacial score (nSPS) is 10.1. The Bertz CT molecular complexity index is 943. The van der Waals surface area contributed by atoms with Gasteiger partial charge in [0, 0.05) is 16.3 Å². The highest BCUT2D eigenvalue weighted by atomic mass is 35.5. The van der Waals surface area contributed by atoms with E-state index in [4.69, 9.17) is 22.1 Å². The predicted octanol–water partition coefficient (Wildman–Crippen LogP) is 5.39. The number of carbonyl (C=O) groups excluding carboxylic acids is 1. The number of ether oxygens (including phenoxy) is 1. The van der Waals surface area contributed by atoms with Crippen LogP contribution in [0.1, 0.15) is 15.9 Å². The summed E-state index contributed by atoms with van der Waals surface area (Å²) >= 11 is 6.01. The van der Waals surface area contributed by atoms with E-state index in [2.05, 4.69) is 0 Å². The van der Waals surface area contributed by atoms with Crippen molar-refractivity contribution in [2.75, 3.05) is 12.8 Å². The molecule has 0 atom stereocenters. The fourth-order valence-electron chi connectivity index (χ4n) is 2.61. The van der Waals surface area contributed by atoms with Gasteiger partial charge < -0.3 is 10.5 Å². The molecule has 0 unspecified atom stereocenters. The summed E-state index contributed by atoms with van der Waals surface area (Å²) in [6, 6.07) is 16.1. The first-order valence-corrected chi connectivity index (χ1v) is 7.91. The molecule has 0 bridgehead atoms. The third kappa shape index (κ3) is 3.82. The van der Waals surface area contributed by atoms with E-state index >= 15 is 4.39 Å². The Morgan fingerprint density at radius 1 is 1.08 bits per heavy atom. The molecule has 3 nitrogen and oxygen atoms in total. The van der Waals surface area contributed by atoms with Gasteiger partial charge in [-0.1, -0.05) is 23.7 Å². The van der Waals surface area contributed by atoms with Crippen LogP contribution in [0.2, 0.25) is 5.02 Å². The molecule has 6 heteroatoms. The molecular formula is C20H16Cl2FNO2. The maximum absolute atomic E-state index is 15.2. The van der Waals surface area contributed by atoms with Gasteiger partial charge in [0.25, 0.3) is 0 Å². The van der Waals surface area contributed by atoms with Crippen molar-refractivity contribution in [3.05, 3.63) is 82.6 Å². The summed E-state index contributed by atoms with van der Waals surface area (Å²) in [7, 11) is 1.45. The average molecular weight is 392 g/mol. The van der Waals surface area contributed by atoms with Crippen LogP contribution in [-0.2, 0) is 0 Å². The number of nitrogens with two attached hydrogens (primary N) is 1. The molecule has 0 saturated carbocycles. The molecular weight excluding hydrogens is 376 g/mol. The summed E-state index contributed by atoms with van der Waals surface area (Å²) < 4.78 is 20.4. The van der Waals surface area contributed by atoms with E-state index in [1.807, 2.05) is 0 Å². The number of anilines is 1. The van der Waals surface area contributed by atoms with Crippen LogP contribution < -0.4 is 10.5 Å². The van der Waals surface area contributed by atoms with Crippen molar-refractivity contribution >= 4 is 35.5 Å². The summed E-state index contributed by atoms with van der Waals surface area (Å²) in [5.74, 6) is -0.750. The minimum Gasteiger partial charge on any atom is -0.496 e. The molecule has 0 aliphatic rings. The number of benzene rings is 3. The van der Waals surface area contributed by atoms with Crippen molar-refractivity contribution in [1.82, 2.24) is 0 Å². The molecule has 134 valence electrons. The topological polar surface area (TPSA) is 52.3 Å².